The molecule has 3 aromatic carbocycles. The van der Waals surface area contributed by atoms with Crippen molar-refractivity contribution in [1.29, 1.82) is 0 Å². The van der Waals surface area contributed by atoms with Crippen molar-refractivity contribution in [3.05, 3.63) is 96.1 Å². The van der Waals surface area contributed by atoms with E-state index in [1.165, 1.54) is 5.56 Å². The fourth-order valence-corrected chi connectivity index (χ4v) is 3.46. The summed E-state index contributed by atoms with van der Waals surface area (Å²) in [5.41, 5.74) is 3.90. The number of rotatable bonds is 5. The van der Waals surface area contributed by atoms with Crippen LogP contribution in [0.5, 0.6) is 0 Å². The minimum Gasteiger partial charge on any atom is -0.444 e. The third-order valence-electron chi connectivity index (χ3n) is 5.20. The SMILES string of the molecule is CC(c1c[nH]cn1)c1cccc2ccc(N(C)C(=O)OCc3ccccc3)cc12. The van der Waals surface area contributed by atoms with Crippen LogP contribution in [0.25, 0.3) is 10.8 Å². The predicted molar refractivity (Wildman–Crippen MR) is 115 cm³/mol. The van der Waals surface area contributed by atoms with Crippen molar-refractivity contribution in [2.75, 3.05) is 11.9 Å². The monoisotopic (exact) mass is 385 g/mol. The molecule has 146 valence electrons. The number of imidazole rings is 1. The highest BCUT2D eigenvalue weighted by Gasteiger charge is 2.17. The molecule has 1 N–H and O–H groups in total. The molecule has 1 atom stereocenters. The molecule has 1 amide bonds. The lowest BCUT2D eigenvalue weighted by Gasteiger charge is -2.19. The molecule has 1 heterocycles. The molecule has 0 fully saturated rings. The Hall–Kier alpha value is -3.60. The van der Waals surface area contributed by atoms with Gasteiger partial charge in [0, 0.05) is 24.8 Å². The molecule has 29 heavy (non-hydrogen) atoms. The second-order valence-electron chi connectivity index (χ2n) is 7.07. The molecule has 0 aliphatic rings. The zero-order valence-corrected chi connectivity index (χ0v) is 16.5. The molecule has 0 aliphatic heterocycles. The zero-order valence-electron chi connectivity index (χ0n) is 16.5. The number of hydrogen-bond acceptors (Lipinski definition) is 3. The van der Waals surface area contributed by atoms with Crippen molar-refractivity contribution in [2.45, 2.75) is 19.4 Å². The van der Waals surface area contributed by atoms with Crippen molar-refractivity contribution < 1.29 is 9.53 Å². The summed E-state index contributed by atoms with van der Waals surface area (Å²) in [6.45, 7) is 2.38. The molecule has 5 heteroatoms. The number of amides is 1. The Morgan fingerprint density at radius 3 is 2.69 bits per heavy atom. The van der Waals surface area contributed by atoms with Gasteiger partial charge in [0.25, 0.3) is 0 Å². The first-order valence-corrected chi connectivity index (χ1v) is 9.59. The summed E-state index contributed by atoms with van der Waals surface area (Å²) in [7, 11) is 1.73. The molecule has 4 rings (SSSR count). The number of benzene rings is 3. The maximum absolute atomic E-state index is 12.5. The van der Waals surface area contributed by atoms with Crippen molar-refractivity contribution in [2.24, 2.45) is 0 Å². The van der Waals surface area contributed by atoms with Crippen LogP contribution in [-0.4, -0.2) is 23.1 Å². The normalized spacial score (nSPS) is 11.9. The highest BCUT2D eigenvalue weighted by Crippen LogP contribution is 2.32. The number of aromatic amines is 1. The lowest BCUT2D eigenvalue weighted by Crippen LogP contribution is -2.26. The van der Waals surface area contributed by atoms with Gasteiger partial charge in [0.05, 0.1) is 12.0 Å². The summed E-state index contributed by atoms with van der Waals surface area (Å²) in [6.07, 6.45) is 3.23. The average Bonchev–Trinajstić information content (AvgIpc) is 3.31. The van der Waals surface area contributed by atoms with Gasteiger partial charge in [-0.2, -0.15) is 0 Å². The first-order valence-electron chi connectivity index (χ1n) is 9.59. The molecule has 0 saturated heterocycles. The number of ether oxygens (including phenoxy) is 1. The third-order valence-corrected chi connectivity index (χ3v) is 5.20. The highest BCUT2D eigenvalue weighted by molar-refractivity contribution is 5.94. The van der Waals surface area contributed by atoms with Crippen LogP contribution in [0, 0.1) is 0 Å². The summed E-state index contributed by atoms with van der Waals surface area (Å²) < 4.78 is 5.47. The topological polar surface area (TPSA) is 58.2 Å². The van der Waals surface area contributed by atoms with Gasteiger partial charge in [-0.15, -0.1) is 0 Å². The Labute approximate surface area is 170 Å². The molecular weight excluding hydrogens is 362 g/mol. The molecule has 0 saturated carbocycles. The van der Waals surface area contributed by atoms with Gasteiger partial charge < -0.3 is 9.72 Å². The number of nitrogens with one attached hydrogen (secondary N) is 1. The van der Waals surface area contributed by atoms with Crippen LogP contribution < -0.4 is 4.90 Å². The van der Waals surface area contributed by atoms with Gasteiger partial charge in [-0.25, -0.2) is 9.78 Å². The lowest BCUT2D eigenvalue weighted by atomic mass is 9.92. The van der Waals surface area contributed by atoms with Crippen LogP contribution >= 0.6 is 0 Å². The fraction of sp³-hybridized carbons (Fsp3) is 0.167. The van der Waals surface area contributed by atoms with Crippen LogP contribution in [0.1, 0.15) is 29.7 Å². The van der Waals surface area contributed by atoms with E-state index in [-0.39, 0.29) is 18.6 Å². The van der Waals surface area contributed by atoms with Gasteiger partial charge in [0.1, 0.15) is 6.61 Å². The largest absolute Gasteiger partial charge is 0.444 e. The Morgan fingerprint density at radius 2 is 1.93 bits per heavy atom. The van der Waals surface area contributed by atoms with E-state index in [0.29, 0.717) is 0 Å². The van der Waals surface area contributed by atoms with Crippen LogP contribution in [0.3, 0.4) is 0 Å². The number of nitrogens with zero attached hydrogens (tertiary/aromatic N) is 2. The fourth-order valence-electron chi connectivity index (χ4n) is 3.46. The maximum Gasteiger partial charge on any atom is 0.414 e. The van der Waals surface area contributed by atoms with Gasteiger partial charge in [-0.3, -0.25) is 4.90 Å². The molecule has 0 bridgehead atoms. The highest BCUT2D eigenvalue weighted by atomic mass is 16.6. The second-order valence-corrected chi connectivity index (χ2v) is 7.07. The van der Waals surface area contributed by atoms with Crippen molar-refractivity contribution in [1.82, 2.24) is 9.97 Å². The standard InChI is InChI=1S/C24H23N3O2/c1-17(23-14-25-16-26-23)21-10-6-9-19-11-12-20(13-22(19)21)27(2)24(28)29-15-18-7-4-3-5-8-18/h3-14,16-17H,15H2,1-2H3,(H,25,26). The molecule has 1 aromatic heterocycles. The Bertz CT molecular complexity index is 1110. The first kappa shape index (κ1) is 18.7. The summed E-state index contributed by atoms with van der Waals surface area (Å²) in [4.78, 5) is 21.5. The van der Waals surface area contributed by atoms with Crippen molar-refractivity contribution in [3.8, 4) is 0 Å². The number of carbonyl (C=O) groups is 1. The molecular formula is C24H23N3O2. The van der Waals surface area contributed by atoms with E-state index in [1.807, 2.05) is 54.7 Å². The van der Waals surface area contributed by atoms with E-state index in [9.17, 15) is 4.79 Å². The van der Waals surface area contributed by atoms with E-state index >= 15 is 0 Å². The van der Waals surface area contributed by atoms with E-state index in [1.54, 1.807) is 18.3 Å². The van der Waals surface area contributed by atoms with Crippen LogP contribution in [-0.2, 0) is 11.3 Å². The van der Waals surface area contributed by atoms with Gasteiger partial charge >= 0.3 is 6.09 Å². The van der Waals surface area contributed by atoms with Crippen LogP contribution in [0.15, 0.2) is 79.3 Å². The number of fused-ring (bicyclic) bond motifs is 1. The number of hydrogen-bond donors (Lipinski definition) is 1. The van der Waals surface area contributed by atoms with E-state index in [2.05, 4.69) is 35.1 Å². The smallest absolute Gasteiger partial charge is 0.414 e. The number of aromatic nitrogens is 2. The maximum atomic E-state index is 12.5. The molecule has 0 aliphatic carbocycles. The van der Waals surface area contributed by atoms with Crippen molar-refractivity contribution in [3.63, 3.8) is 0 Å². The molecule has 4 aromatic rings. The van der Waals surface area contributed by atoms with E-state index < -0.39 is 0 Å². The van der Waals surface area contributed by atoms with Gasteiger partial charge in [0.2, 0.25) is 0 Å². The van der Waals surface area contributed by atoms with E-state index in [4.69, 9.17) is 4.74 Å². The summed E-state index contributed by atoms with van der Waals surface area (Å²) >= 11 is 0. The molecule has 5 nitrogen and oxygen atoms in total. The Kier molecular flexibility index (Phi) is 5.29. The second kappa shape index (κ2) is 8.19. The Morgan fingerprint density at radius 1 is 1.10 bits per heavy atom. The minimum absolute atomic E-state index is 0.135. The minimum atomic E-state index is -0.383. The number of carbonyl (C=O) groups excluding carboxylic acids is 1. The van der Waals surface area contributed by atoms with Gasteiger partial charge in [0.15, 0.2) is 0 Å². The molecule has 1 unspecified atom stereocenters. The van der Waals surface area contributed by atoms with Crippen LogP contribution in [0.4, 0.5) is 10.5 Å². The van der Waals surface area contributed by atoms with Crippen molar-refractivity contribution >= 4 is 22.6 Å². The van der Waals surface area contributed by atoms with Gasteiger partial charge in [-0.05, 0) is 34.0 Å². The third kappa shape index (κ3) is 3.99. The molecule has 0 radical (unpaired) electrons. The van der Waals surface area contributed by atoms with Crippen LogP contribution in [0.2, 0.25) is 0 Å². The first-order chi connectivity index (χ1) is 14.1. The number of H-pyrrole nitrogens is 1. The molecule has 0 spiro atoms. The summed E-state index contributed by atoms with van der Waals surface area (Å²) in [5.74, 6) is 0.135. The lowest BCUT2D eigenvalue weighted by molar-refractivity contribution is 0.148. The number of anilines is 1. The quantitative estimate of drug-likeness (QED) is 0.494. The summed E-state index contributed by atoms with van der Waals surface area (Å²) in [6, 6.07) is 21.9. The predicted octanol–water partition coefficient (Wildman–Crippen LogP) is 5.49. The van der Waals surface area contributed by atoms with E-state index in [0.717, 1.165) is 27.7 Å². The van der Waals surface area contributed by atoms with Gasteiger partial charge in [-0.1, -0.05) is 61.5 Å². The Balaban J connectivity index is 1.59. The average molecular weight is 385 g/mol. The summed E-state index contributed by atoms with van der Waals surface area (Å²) in [5, 5.41) is 2.22. The zero-order chi connectivity index (χ0) is 20.2.